The molecule has 35 heavy (non-hydrogen) atoms. The molecule has 1 heterocycles. The molecule has 0 spiro atoms. The summed E-state index contributed by atoms with van der Waals surface area (Å²) in [6.45, 7) is -0.574. The molecule has 0 radical (unpaired) electrons. The highest BCUT2D eigenvalue weighted by Gasteiger charge is 2.31. The molecule has 0 saturated heterocycles. The summed E-state index contributed by atoms with van der Waals surface area (Å²) in [6, 6.07) is 5.78. The van der Waals surface area contributed by atoms with Gasteiger partial charge in [-0.2, -0.15) is 13.2 Å². The lowest BCUT2D eigenvalue weighted by Crippen LogP contribution is -2.19. The number of carbonyl (C=O) groups is 1. The summed E-state index contributed by atoms with van der Waals surface area (Å²) >= 11 is 3.13. The molecule has 0 fully saturated rings. The molecule has 2 atom stereocenters. The van der Waals surface area contributed by atoms with E-state index < -0.39 is 59.4 Å². The topological polar surface area (TPSA) is 119 Å². The minimum absolute atomic E-state index is 0.0287. The minimum Gasteiger partial charge on any atom is -0.478 e. The Morgan fingerprint density at radius 2 is 1.80 bits per heavy atom. The molecular formula is C22H18BrF5N2O5. The lowest BCUT2D eigenvalue weighted by Gasteiger charge is -2.18. The molecule has 0 aliphatic rings. The Bertz CT molecular complexity index is 1200. The van der Waals surface area contributed by atoms with E-state index in [1.54, 1.807) is 0 Å². The number of aliphatic hydroxyl groups excluding tert-OH is 2. The van der Waals surface area contributed by atoms with Gasteiger partial charge in [-0.1, -0.05) is 12.1 Å². The fourth-order valence-corrected chi connectivity index (χ4v) is 3.60. The third-order valence-corrected chi connectivity index (χ3v) is 5.45. The largest absolute Gasteiger partial charge is 0.478 e. The predicted octanol–water partition coefficient (Wildman–Crippen LogP) is 4.75. The van der Waals surface area contributed by atoms with Crippen LogP contribution in [0.1, 0.15) is 40.8 Å². The summed E-state index contributed by atoms with van der Waals surface area (Å²) in [6.07, 6.45) is -7.03. The molecule has 3 aromatic rings. The Kier molecular flexibility index (Phi) is 8.13. The molecule has 3 rings (SSSR count). The van der Waals surface area contributed by atoms with E-state index >= 15 is 0 Å². The van der Waals surface area contributed by atoms with Crippen LogP contribution in [0.25, 0.3) is 11.3 Å². The fraction of sp³-hybridized carbons (Fsp3) is 0.273. The van der Waals surface area contributed by atoms with Crippen molar-refractivity contribution in [3.63, 3.8) is 0 Å². The van der Waals surface area contributed by atoms with Crippen molar-refractivity contribution in [2.24, 2.45) is 5.73 Å². The predicted molar refractivity (Wildman–Crippen MR) is 115 cm³/mol. The quantitative estimate of drug-likeness (QED) is 0.323. The average Bonchev–Trinajstić information content (AvgIpc) is 3.18. The summed E-state index contributed by atoms with van der Waals surface area (Å²) in [5.41, 5.74) is 3.52. The fourth-order valence-electron chi connectivity index (χ4n) is 3.12. The number of halogens is 6. The van der Waals surface area contributed by atoms with E-state index in [2.05, 4.69) is 20.9 Å². The van der Waals surface area contributed by atoms with Crippen molar-refractivity contribution in [1.29, 1.82) is 0 Å². The summed E-state index contributed by atoms with van der Waals surface area (Å²) in [5, 5.41) is 18.8. The SMILES string of the molecule is NC(=O)c1c(F)ccc(OC(CCC(O)CO)c2nc(-c3ccc(C(F)(F)F)cc3)c(Br)o2)c1F. The maximum atomic E-state index is 14.7. The van der Waals surface area contributed by atoms with Gasteiger partial charge in [0, 0.05) is 5.56 Å². The van der Waals surface area contributed by atoms with Crippen LogP contribution < -0.4 is 10.5 Å². The highest BCUT2D eigenvalue weighted by atomic mass is 79.9. The zero-order chi connectivity index (χ0) is 25.9. The van der Waals surface area contributed by atoms with Crippen molar-refractivity contribution < 1.29 is 46.1 Å². The summed E-state index contributed by atoms with van der Waals surface area (Å²) in [5.74, 6) is -4.65. The van der Waals surface area contributed by atoms with E-state index in [1.807, 2.05) is 0 Å². The molecule has 4 N–H and O–H groups in total. The van der Waals surface area contributed by atoms with Gasteiger partial charge >= 0.3 is 6.18 Å². The van der Waals surface area contributed by atoms with Gasteiger partial charge in [-0.25, -0.2) is 13.8 Å². The second-order valence-electron chi connectivity index (χ2n) is 7.37. The Morgan fingerprint density at radius 1 is 1.14 bits per heavy atom. The number of hydrogen-bond donors (Lipinski definition) is 3. The highest BCUT2D eigenvalue weighted by Crippen LogP contribution is 2.37. The Labute approximate surface area is 203 Å². The van der Waals surface area contributed by atoms with Crippen LogP contribution in [0.2, 0.25) is 0 Å². The molecule has 1 amide bonds. The lowest BCUT2D eigenvalue weighted by atomic mass is 10.1. The van der Waals surface area contributed by atoms with Crippen molar-refractivity contribution in [3.05, 3.63) is 69.7 Å². The Morgan fingerprint density at radius 3 is 2.37 bits per heavy atom. The number of aromatic nitrogens is 1. The second kappa shape index (κ2) is 10.7. The number of ether oxygens (including phenoxy) is 1. The van der Waals surface area contributed by atoms with E-state index in [9.17, 15) is 31.9 Å². The standard InChI is InChI=1S/C22H18BrF5N2O5/c23-19-18(10-1-3-11(4-2-10)22(26,27)28)30-21(35-19)15(7-5-12(32)9-31)34-14-8-6-13(24)16(17(14)25)20(29)33/h1-4,6,8,12,15,31-32H,5,7,9H2,(H2,29,33). The number of rotatable bonds is 9. The first-order chi connectivity index (χ1) is 16.4. The zero-order valence-corrected chi connectivity index (χ0v) is 19.2. The van der Waals surface area contributed by atoms with E-state index in [1.165, 1.54) is 12.1 Å². The smallest absolute Gasteiger partial charge is 0.416 e. The van der Waals surface area contributed by atoms with Crippen molar-refractivity contribution in [1.82, 2.24) is 4.98 Å². The average molecular weight is 565 g/mol. The number of carbonyl (C=O) groups excluding carboxylic acids is 1. The lowest BCUT2D eigenvalue weighted by molar-refractivity contribution is -0.137. The molecule has 0 aliphatic carbocycles. The van der Waals surface area contributed by atoms with Crippen molar-refractivity contribution in [2.75, 3.05) is 6.61 Å². The van der Waals surface area contributed by atoms with Gasteiger partial charge in [0.2, 0.25) is 5.89 Å². The number of oxazole rings is 1. The first kappa shape index (κ1) is 26.6. The molecule has 1 aromatic heterocycles. The number of primary amides is 1. The van der Waals surface area contributed by atoms with E-state index in [0.717, 1.165) is 24.3 Å². The van der Waals surface area contributed by atoms with Crippen LogP contribution in [0, 0.1) is 11.6 Å². The van der Waals surface area contributed by atoms with E-state index in [0.29, 0.717) is 0 Å². The van der Waals surface area contributed by atoms with Gasteiger partial charge in [0.15, 0.2) is 22.3 Å². The van der Waals surface area contributed by atoms with Crippen LogP contribution in [-0.2, 0) is 6.18 Å². The van der Waals surface area contributed by atoms with Gasteiger partial charge in [0.25, 0.3) is 5.91 Å². The van der Waals surface area contributed by atoms with Crippen LogP contribution in [0.4, 0.5) is 22.0 Å². The van der Waals surface area contributed by atoms with Crippen LogP contribution in [0.15, 0.2) is 45.5 Å². The maximum absolute atomic E-state index is 14.7. The number of nitrogens with two attached hydrogens (primary N) is 1. The molecule has 0 saturated carbocycles. The normalized spacial score (nSPS) is 13.5. The summed E-state index contributed by atoms with van der Waals surface area (Å²) in [4.78, 5) is 15.6. The van der Waals surface area contributed by atoms with Crippen LogP contribution in [0.3, 0.4) is 0 Å². The molecule has 0 aliphatic heterocycles. The molecule has 2 aromatic carbocycles. The highest BCUT2D eigenvalue weighted by molar-refractivity contribution is 9.10. The van der Waals surface area contributed by atoms with E-state index in [4.69, 9.17) is 20.0 Å². The van der Waals surface area contributed by atoms with Crippen LogP contribution in [-0.4, -0.2) is 33.8 Å². The monoisotopic (exact) mass is 564 g/mol. The number of benzene rings is 2. The molecule has 0 bridgehead atoms. The van der Waals surface area contributed by atoms with Gasteiger partial charge < -0.3 is 25.1 Å². The number of hydrogen-bond acceptors (Lipinski definition) is 6. The van der Waals surface area contributed by atoms with Gasteiger partial charge in [-0.3, -0.25) is 4.79 Å². The molecule has 13 heteroatoms. The molecule has 2 unspecified atom stereocenters. The van der Waals surface area contributed by atoms with Crippen molar-refractivity contribution in [2.45, 2.75) is 31.2 Å². The van der Waals surface area contributed by atoms with Crippen LogP contribution >= 0.6 is 15.9 Å². The number of alkyl halides is 3. The summed E-state index contributed by atoms with van der Waals surface area (Å²) in [7, 11) is 0. The van der Waals surface area contributed by atoms with Gasteiger partial charge in [-0.05, 0) is 53.0 Å². The van der Waals surface area contributed by atoms with Crippen molar-refractivity contribution in [3.8, 4) is 17.0 Å². The first-order valence-corrected chi connectivity index (χ1v) is 10.8. The Hall–Kier alpha value is -3.03. The maximum Gasteiger partial charge on any atom is 0.416 e. The number of aliphatic hydroxyl groups is 2. The van der Waals surface area contributed by atoms with E-state index in [-0.39, 0.29) is 34.7 Å². The molecule has 7 nitrogen and oxygen atoms in total. The zero-order valence-electron chi connectivity index (χ0n) is 17.7. The Balaban J connectivity index is 1.97. The third kappa shape index (κ3) is 6.16. The second-order valence-corrected chi connectivity index (χ2v) is 8.09. The molecule has 188 valence electrons. The van der Waals surface area contributed by atoms with Crippen molar-refractivity contribution >= 4 is 21.8 Å². The first-order valence-electron chi connectivity index (χ1n) is 9.99. The molecular weight excluding hydrogens is 547 g/mol. The summed E-state index contributed by atoms with van der Waals surface area (Å²) < 4.78 is 78.2. The van der Waals surface area contributed by atoms with Gasteiger partial charge in [0.05, 0.1) is 18.3 Å². The number of nitrogens with zero attached hydrogens (tertiary/aromatic N) is 1. The van der Waals surface area contributed by atoms with Crippen LogP contribution in [0.5, 0.6) is 5.75 Å². The third-order valence-electron chi connectivity index (χ3n) is 4.91. The van der Waals surface area contributed by atoms with Gasteiger partial charge in [-0.15, -0.1) is 0 Å². The minimum atomic E-state index is -4.53. The number of amides is 1. The van der Waals surface area contributed by atoms with Gasteiger partial charge in [0.1, 0.15) is 17.1 Å².